The van der Waals surface area contributed by atoms with Crippen molar-refractivity contribution in [3.8, 4) is 56.4 Å². The zero-order valence-corrected chi connectivity index (χ0v) is 27.5. The molecule has 0 saturated heterocycles. The maximum atomic E-state index is 6.27. The smallest absolute Gasteiger partial charge is 0.164 e. The molecule has 0 atom stereocenters. The Hall–Kier alpha value is -6.91. The second-order valence-corrected chi connectivity index (χ2v) is 12.8. The van der Waals surface area contributed by atoms with Crippen molar-refractivity contribution in [1.29, 1.82) is 0 Å². The van der Waals surface area contributed by atoms with Gasteiger partial charge in [-0.1, -0.05) is 152 Å². The first-order chi connectivity index (χ1) is 25.3. The molecule has 10 rings (SSSR count). The molecule has 10 aromatic rings. The quantitative estimate of drug-likeness (QED) is 0.174. The van der Waals surface area contributed by atoms with E-state index >= 15 is 0 Å². The predicted octanol–water partition coefficient (Wildman–Crippen LogP) is 12.4. The van der Waals surface area contributed by atoms with Gasteiger partial charge in [0.2, 0.25) is 0 Å². The van der Waals surface area contributed by atoms with Crippen LogP contribution in [0.3, 0.4) is 0 Å². The van der Waals surface area contributed by atoms with Gasteiger partial charge in [0.25, 0.3) is 0 Å². The van der Waals surface area contributed by atoms with E-state index in [-0.39, 0.29) is 0 Å². The third-order valence-electron chi connectivity index (χ3n) is 9.71. The lowest BCUT2D eigenvalue weighted by Gasteiger charge is -2.13. The summed E-state index contributed by atoms with van der Waals surface area (Å²) in [5.41, 5.74) is 9.00. The molecule has 0 spiro atoms. The molecule has 8 aromatic carbocycles. The number of nitrogens with zero attached hydrogens (tertiary/aromatic N) is 3. The van der Waals surface area contributed by atoms with E-state index in [4.69, 9.17) is 19.4 Å². The lowest BCUT2D eigenvalue weighted by Crippen LogP contribution is -2.00. The van der Waals surface area contributed by atoms with Gasteiger partial charge in [-0.2, -0.15) is 0 Å². The van der Waals surface area contributed by atoms with E-state index in [2.05, 4.69) is 140 Å². The number of hydrogen-bond acceptors (Lipinski definition) is 4. The summed E-state index contributed by atoms with van der Waals surface area (Å²) >= 11 is 0. The van der Waals surface area contributed by atoms with Crippen LogP contribution in [0.15, 0.2) is 180 Å². The van der Waals surface area contributed by atoms with Crippen LogP contribution in [0.1, 0.15) is 0 Å². The van der Waals surface area contributed by atoms with Crippen LogP contribution in [0.4, 0.5) is 0 Å². The monoisotopic (exact) mass is 651 g/mol. The van der Waals surface area contributed by atoms with Gasteiger partial charge in [0.05, 0.1) is 0 Å². The fourth-order valence-corrected chi connectivity index (χ4v) is 7.29. The highest BCUT2D eigenvalue weighted by molar-refractivity contribution is 6.15. The number of hydrogen-bond donors (Lipinski definition) is 0. The molecule has 0 amide bonds. The molecule has 4 heteroatoms. The molecule has 0 unspecified atom stereocenters. The minimum Gasteiger partial charge on any atom is -0.456 e. The van der Waals surface area contributed by atoms with Gasteiger partial charge in [0, 0.05) is 27.5 Å². The van der Waals surface area contributed by atoms with Crippen molar-refractivity contribution < 1.29 is 4.42 Å². The van der Waals surface area contributed by atoms with Crippen LogP contribution in [0, 0.1) is 0 Å². The van der Waals surface area contributed by atoms with Crippen molar-refractivity contribution in [1.82, 2.24) is 15.0 Å². The summed E-state index contributed by atoms with van der Waals surface area (Å²) in [4.78, 5) is 15.6. The van der Waals surface area contributed by atoms with Crippen molar-refractivity contribution in [2.45, 2.75) is 0 Å². The number of benzene rings is 8. The zero-order chi connectivity index (χ0) is 33.7. The average molecular weight is 652 g/mol. The van der Waals surface area contributed by atoms with E-state index in [1.807, 2.05) is 36.4 Å². The first-order valence-corrected chi connectivity index (χ1v) is 17.1. The van der Waals surface area contributed by atoms with Crippen LogP contribution in [0.25, 0.3) is 99.9 Å². The highest BCUT2D eigenvalue weighted by Gasteiger charge is 2.19. The van der Waals surface area contributed by atoms with Crippen LogP contribution in [-0.4, -0.2) is 15.0 Å². The maximum absolute atomic E-state index is 6.27. The van der Waals surface area contributed by atoms with Gasteiger partial charge in [-0.05, 0) is 68.1 Å². The predicted molar refractivity (Wildman–Crippen MR) is 209 cm³/mol. The van der Waals surface area contributed by atoms with E-state index < -0.39 is 0 Å². The first kappa shape index (κ1) is 29.0. The summed E-state index contributed by atoms with van der Waals surface area (Å²) in [6.45, 7) is 0. The Morgan fingerprint density at radius 3 is 1.75 bits per heavy atom. The summed E-state index contributed by atoms with van der Waals surface area (Å²) in [5, 5.41) is 6.74. The maximum Gasteiger partial charge on any atom is 0.164 e. The van der Waals surface area contributed by atoms with E-state index in [9.17, 15) is 0 Å². The van der Waals surface area contributed by atoms with Crippen molar-refractivity contribution in [3.05, 3.63) is 176 Å². The standard InChI is InChI=1S/C47H29N3O/c1-3-12-30(13-4-1)34-17-9-18-35(28-34)45-48-46(50-47(49-45)39-21-11-23-42-44(39)38-19-7-8-22-41(38)51-42)36-27-25-32-24-26-33-16-10-20-37(43(33)40(32)29-36)31-14-5-2-6-15-31/h1-29H. The lowest BCUT2D eigenvalue weighted by molar-refractivity contribution is 0.669. The number of fused-ring (bicyclic) bond motifs is 6. The minimum atomic E-state index is 0.597. The van der Waals surface area contributed by atoms with Crippen LogP contribution in [-0.2, 0) is 0 Å². The third-order valence-corrected chi connectivity index (χ3v) is 9.71. The molecular weight excluding hydrogens is 623 g/mol. The number of rotatable bonds is 5. The van der Waals surface area contributed by atoms with Crippen LogP contribution < -0.4 is 0 Å². The van der Waals surface area contributed by atoms with Crippen molar-refractivity contribution in [3.63, 3.8) is 0 Å². The van der Waals surface area contributed by atoms with Gasteiger partial charge in [-0.3, -0.25) is 0 Å². The second-order valence-electron chi connectivity index (χ2n) is 12.8. The van der Waals surface area contributed by atoms with Crippen molar-refractivity contribution in [2.24, 2.45) is 0 Å². The Kier molecular flexibility index (Phi) is 6.78. The highest BCUT2D eigenvalue weighted by Crippen LogP contribution is 2.39. The van der Waals surface area contributed by atoms with Gasteiger partial charge in [-0.15, -0.1) is 0 Å². The molecule has 0 aliphatic heterocycles. The molecule has 2 aromatic heterocycles. The minimum absolute atomic E-state index is 0.597. The Labute approximate surface area is 294 Å². The van der Waals surface area contributed by atoms with Gasteiger partial charge >= 0.3 is 0 Å². The van der Waals surface area contributed by atoms with Crippen molar-refractivity contribution in [2.75, 3.05) is 0 Å². The molecule has 0 bridgehead atoms. The molecule has 0 saturated carbocycles. The second kappa shape index (κ2) is 11.9. The topological polar surface area (TPSA) is 51.8 Å². The summed E-state index contributed by atoms with van der Waals surface area (Å²) in [6, 6.07) is 61.1. The molecule has 0 N–H and O–H groups in total. The molecule has 51 heavy (non-hydrogen) atoms. The normalized spacial score (nSPS) is 11.5. The van der Waals surface area contributed by atoms with E-state index in [1.165, 1.54) is 21.9 Å². The Balaban J connectivity index is 1.23. The van der Waals surface area contributed by atoms with Gasteiger partial charge in [0.15, 0.2) is 17.5 Å². The summed E-state index contributed by atoms with van der Waals surface area (Å²) in [7, 11) is 0. The molecule has 0 aliphatic rings. The Morgan fingerprint density at radius 1 is 0.314 bits per heavy atom. The lowest BCUT2D eigenvalue weighted by atomic mass is 9.93. The van der Waals surface area contributed by atoms with Crippen LogP contribution in [0.5, 0.6) is 0 Å². The van der Waals surface area contributed by atoms with Crippen LogP contribution in [0.2, 0.25) is 0 Å². The van der Waals surface area contributed by atoms with E-state index in [0.717, 1.165) is 60.5 Å². The molecular formula is C47H29N3O. The summed E-state index contributed by atoms with van der Waals surface area (Å²) in [5.74, 6) is 1.82. The zero-order valence-electron chi connectivity index (χ0n) is 27.5. The molecule has 0 aliphatic carbocycles. The SMILES string of the molecule is c1ccc(-c2cccc(-c3nc(-c4ccc5ccc6cccc(-c7ccccc7)c6c5c4)nc(-c4cccc5oc6ccccc6c45)n3)c2)cc1. The van der Waals surface area contributed by atoms with Crippen LogP contribution >= 0.6 is 0 Å². The Morgan fingerprint density at radius 2 is 0.902 bits per heavy atom. The summed E-state index contributed by atoms with van der Waals surface area (Å²) in [6.07, 6.45) is 0. The highest BCUT2D eigenvalue weighted by atomic mass is 16.3. The fraction of sp³-hybridized carbons (Fsp3) is 0. The van der Waals surface area contributed by atoms with E-state index in [1.54, 1.807) is 0 Å². The van der Waals surface area contributed by atoms with E-state index in [0.29, 0.717) is 17.5 Å². The fourth-order valence-electron chi connectivity index (χ4n) is 7.29. The molecule has 0 radical (unpaired) electrons. The molecule has 0 fully saturated rings. The largest absolute Gasteiger partial charge is 0.456 e. The first-order valence-electron chi connectivity index (χ1n) is 17.1. The molecule has 2 heterocycles. The number of aromatic nitrogens is 3. The summed E-state index contributed by atoms with van der Waals surface area (Å²) < 4.78 is 6.27. The number of para-hydroxylation sites is 1. The van der Waals surface area contributed by atoms with Crippen molar-refractivity contribution >= 4 is 43.5 Å². The third kappa shape index (κ3) is 5.04. The molecule has 238 valence electrons. The van der Waals surface area contributed by atoms with Gasteiger partial charge < -0.3 is 4.42 Å². The van der Waals surface area contributed by atoms with Gasteiger partial charge in [0.1, 0.15) is 11.2 Å². The number of furan rings is 1. The van der Waals surface area contributed by atoms with Gasteiger partial charge in [-0.25, -0.2) is 15.0 Å². The average Bonchev–Trinajstić information content (AvgIpc) is 3.60. The molecule has 4 nitrogen and oxygen atoms in total. The Bertz CT molecular complexity index is 2910.